The summed E-state index contributed by atoms with van der Waals surface area (Å²) in [7, 11) is 0. The van der Waals surface area contributed by atoms with Crippen molar-refractivity contribution in [3.8, 4) is 0 Å². The van der Waals surface area contributed by atoms with Gasteiger partial charge in [0.1, 0.15) is 5.54 Å². The van der Waals surface area contributed by atoms with Gasteiger partial charge in [0.15, 0.2) is 0 Å². The Morgan fingerprint density at radius 2 is 2.07 bits per heavy atom. The molecule has 0 fully saturated rings. The molecule has 0 saturated heterocycles. The molecule has 0 bridgehead atoms. The molecular weight excluding hydrogens is 182 g/mol. The molecule has 0 rings (SSSR count). The second-order valence-corrected chi connectivity index (χ2v) is 3.81. The van der Waals surface area contributed by atoms with E-state index >= 15 is 0 Å². The fourth-order valence-corrected chi connectivity index (χ4v) is 1.24. The predicted molar refractivity (Wildman–Crippen MR) is 54.8 cm³/mol. The molecule has 0 radical (unpaired) electrons. The van der Waals surface area contributed by atoms with Crippen LogP contribution in [0.4, 0.5) is 0 Å². The molecule has 0 amide bonds. The van der Waals surface area contributed by atoms with E-state index in [2.05, 4.69) is 0 Å². The lowest BCUT2D eigenvalue weighted by Crippen LogP contribution is -2.58. The second kappa shape index (κ2) is 5.12. The lowest BCUT2D eigenvalue weighted by molar-refractivity contribution is -0.149. The molecule has 4 heteroatoms. The van der Waals surface area contributed by atoms with Gasteiger partial charge in [-0.3, -0.25) is 4.79 Å². The Morgan fingerprint density at radius 1 is 1.57 bits per heavy atom. The topological polar surface area (TPSA) is 83.6 Å². The van der Waals surface area contributed by atoms with Crippen LogP contribution in [0.2, 0.25) is 0 Å². The summed E-state index contributed by atoms with van der Waals surface area (Å²) in [5.41, 5.74) is 4.09. The zero-order chi connectivity index (χ0) is 11.4. The van der Waals surface area contributed by atoms with Crippen molar-refractivity contribution in [2.75, 3.05) is 0 Å². The molecule has 2 atom stereocenters. The van der Waals surface area contributed by atoms with Crippen LogP contribution in [0.25, 0.3) is 0 Å². The molecule has 0 aliphatic rings. The minimum Gasteiger partial charge on any atom is -0.480 e. The van der Waals surface area contributed by atoms with Crippen molar-refractivity contribution in [2.24, 2.45) is 11.7 Å². The van der Waals surface area contributed by atoms with Gasteiger partial charge in [-0.2, -0.15) is 0 Å². The Labute approximate surface area is 84.4 Å². The van der Waals surface area contributed by atoms with Crippen molar-refractivity contribution >= 4 is 5.97 Å². The molecule has 0 heterocycles. The molecule has 0 aromatic rings. The van der Waals surface area contributed by atoms with Gasteiger partial charge in [-0.05, 0) is 19.3 Å². The van der Waals surface area contributed by atoms with Gasteiger partial charge in [-0.25, -0.2) is 0 Å². The Bertz CT molecular complexity index is 225. The van der Waals surface area contributed by atoms with Crippen molar-refractivity contribution in [2.45, 2.75) is 38.8 Å². The van der Waals surface area contributed by atoms with Crippen LogP contribution in [0.15, 0.2) is 12.2 Å². The number of aliphatic hydroxyl groups is 1. The van der Waals surface area contributed by atoms with Gasteiger partial charge >= 0.3 is 5.97 Å². The summed E-state index contributed by atoms with van der Waals surface area (Å²) >= 11 is 0. The van der Waals surface area contributed by atoms with Crippen molar-refractivity contribution < 1.29 is 15.0 Å². The van der Waals surface area contributed by atoms with Crippen molar-refractivity contribution in [3.05, 3.63) is 12.2 Å². The van der Waals surface area contributed by atoms with E-state index < -0.39 is 17.6 Å². The van der Waals surface area contributed by atoms with Gasteiger partial charge < -0.3 is 15.9 Å². The van der Waals surface area contributed by atoms with Crippen molar-refractivity contribution in [1.29, 1.82) is 0 Å². The summed E-state index contributed by atoms with van der Waals surface area (Å²) in [6.07, 6.45) is 2.46. The average Bonchev–Trinajstić information content (AvgIpc) is 2.12. The van der Waals surface area contributed by atoms with E-state index in [9.17, 15) is 9.90 Å². The van der Waals surface area contributed by atoms with Gasteiger partial charge in [0, 0.05) is 0 Å². The van der Waals surface area contributed by atoms with Crippen LogP contribution in [0.5, 0.6) is 0 Å². The summed E-state index contributed by atoms with van der Waals surface area (Å²) in [6, 6.07) is 0. The lowest BCUT2D eigenvalue weighted by atomic mass is 9.83. The van der Waals surface area contributed by atoms with E-state index in [0.717, 1.165) is 0 Å². The first kappa shape index (κ1) is 13.1. The predicted octanol–water partition coefficient (Wildman–Crippen LogP) is 0.752. The number of carboxylic acid groups (broad SMARTS) is 1. The van der Waals surface area contributed by atoms with E-state index in [1.807, 2.05) is 0 Å². The van der Waals surface area contributed by atoms with Gasteiger partial charge in [0.25, 0.3) is 0 Å². The third-order valence-electron chi connectivity index (χ3n) is 2.25. The molecular formula is C10H19NO3. The maximum atomic E-state index is 11.0. The summed E-state index contributed by atoms with van der Waals surface area (Å²) in [5.74, 6) is -1.35. The highest BCUT2D eigenvalue weighted by Gasteiger charge is 2.41. The molecule has 82 valence electrons. The molecule has 0 saturated carbocycles. The Hall–Kier alpha value is -0.870. The average molecular weight is 201 g/mol. The molecule has 14 heavy (non-hydrogen) atoms. The zero-order valence-corrected chi connectivity index (χ0v) is 8.90. The van der Waals surface area contributed by atoms with Crippen LogP contribution in [0, 0.1) is 5.92 Å². The van der Waals surface area contributed by atoms with Crippen molar-refractivity contribution in [1.82, 2.24) is 0 Å². The summed E-state index contributed by atoms with van der Waals surface area (Å²) < 4.78 is 0. The molecule has 0 aliphatic carbocycles. The molecule has 0 unspecified atom stereocenters. The lowest BCUT2D eigenvalue weighted by Gasteiger charge is -2.31. The summed E-state index contributed by atoms with van der Waals surface area (Å²) in [5, 5.41) is 18.7. The highest BCUT2D eigenvalue weighted by molar-refractivity contribution is 5.79. The van der Waals surface area contributed by atoms with Crippen LogP contribution in [0.3, 0.4) is 0 Å². The fraction of sp³-hybridized carbons (Fsp3) is 0.700. The van der Waals surface area contributed by atoms with Crippen LogP contribution in [0.1, 0.15) is 27.2 Å². The minimum atomic E-state index is -1.58. The molecule has 0 aromatic heterocycles. The van der Waals surface area contributed by atoms with E-state index in [0.29, 0.717) is 0 Å². The van der Waals surface area contributed by atoms with E-state index in [1.54, 1.807) is 32.9 Å². The number of aliphatic hydroxyl groups excluding tert-OH is 1. The Balaban J connectivity index is 4.79. The highest BCUT2D eigenvalue weighted by atomic mass is 16.4. The monoisotopic (exact) mass is 201 g/mol. The third kappa shape index (κ3) is 2.82. The third-order valence-corrected chi connectivity index (χ3v) is 2.25. The molecule has 4 nitrogen and oxygen atoms in total. The van der Waals surface area contributed by atoms with Crippen LogP contribution in [-0.2, 0) is 4.79 Å². The smallest absolute Gasteiger partial charge is 0.326 e. The number of allylic oxidation sites excluding steroid dienone is 1. The first-order valence-electron chi connectivity index (χ1n) is 4.67. The number of nitrogens with two attached hydrogens (primary N) is 1. The Kier molecular flexibility index (Phi) is 4.80. The largest absolute Gasteiger partial charge is 0.480 e. The van der Waals surface area contributed by atoms with E-state index in [1.165, 1.54) is 0 Å². The SMILES string of the molecule is CC=CC[C@](N)(C(=O)O)[C@H](O)C(C)C. The van der Waals surface area contributed by atoms with Gasteiger partial charge in [-0.1, -0.05) is 26.0 Å². The van der Waals surface area contributed by atoms with Gasteiger partial charge in [-0.15, -0.1) is 0 Å². The van der Waals surface area contributed by atoms with Crippen LogP contribution >= 0.6 is 0 Å². The van der Waals surface area contributed by atoms with Gasteiger partial charge in [0.2, 0.25) is 0 Å². The number of aliphatic carboxylic acids is 1. The molecule has 0 spiro atoms. The highest BCUT2D eigenvalue weighted by Crippen LogP contribution is 2.20. The number of hydrogen-bond acceptors (Lipinski definition) is 3. The number of rotatable bonds is 5. The van der Waals surface area contributed by atoms with Crippen LogP contribution < -0.4 is 5.73 Å². The quantitative estimate of drug-likeness (QED) is 0.573. The molecule has 0 aliphatic heterocycles. The first-order valence-corrected chi connectivity index (χ1v) is 4.67. The maximum Gasteiger partial charge on any atom is 0.326 e. The second-order valence-electron chi connectivity index (χ2n) is 3.81. The maximum absolute atomic E-state index is 11.0. The molecule has 4 N–H and O–H groups in total. The zero-order valence-electron chi connectivity index (χ0n) is 8.90. The van der Waals surface area contributed by atoms with Crippen molar-refractivity contribution in [3.63, 3.8) is 0 Å². The standard InChI is InChI=1S/C10H19NO3/c1-4-5-6-10(11,9(13)14)8(12)7(2)3/h4-5,7-8,12H,6,11H2,1-3H3,(H,13,14)/t8-,10-/m1/s1. The minimum absolute atomic E-state index is 0.137. The normalized spacial score (nSPS) is 18.4. The number of carbonyl (C=O) groups is 1. The molecule has 0 aromatic carbocycles. The summed E-state index contributed by atoms with van der Waals surface area (Å²) in [6.45, 7) is 5.26. The first-order chi connectivity index (χ1) is 6.36. The van der Waals surface area contributed by atoms with E-state index in [4.69, 9.17) is 10.8 Å². The summed E-state index contributed by atoms with van der Waals surface area (Å²) in [4.78, 5) is 11.0. The number of carboxylic acids is 1. The van der Waals surface area contributed by atoms with Crippen LogP contribution in [-0.4, -0.2) is 27.8 Å². The van der Waals surface area contributed by atoms with E-state index in [-0.39, 0.29) is 12.3 Å². The number of hydrogen-bond donors (Lipinski definition) is 3. The van der Waals surface area contributed by atoms with Gasteiger partial charge in [0.05, 0.1) is 6.10 Å². The Morgan fingerprint density at radius 3 is 2.36 bits per heavy atom. The fourth-order valence-electron chi connectivity index (χ4n) is 1.24.